The van der Waals surface area contributed by atoms with E-state index in [1.807, 2.05) is 59.4 Å². The fourth-order valence-corrected chi connectivity index (χ4v) is 6.12. The summed E-state index contributed by atoms with van der Waals surface area (Å²) in [7, 11) is 0. The summed E-state index contributed by atoms with van der Waals surface area (Å²) in [5, 5.41) is 9.26. The molecule has 1 saturated heterocycles. The van der Waals surface area contributed by atoms with Gasteiger partial charge in [0, 0.05) is 31.9 Å². The molecule has 1 aliphatic rings. The van der Waals surface area contributed by atoms with Crippen molar-refractivity contribution in [1.82, 2.24) is 24.0 Å². The molecule has 0 spiro atoms. The molecular weight excluding hydrogens is 616 g/mol. The standard InChI is InChI=1S/C37H39F2N5O4/c1-4-43-23-40-19-28(43)20-44-33-18-27(25(3)15-36(45)46)17-32(39)37(33)41-35(44)21-42-12-10-29(11-13-42)48-30-7-5-6-26(16-30)22-47-34-9-8-24(2)14-31(34)38/h5-9,14-19,23,29H,4,10-13,20-22H2,1-3H3,(H,45,46)/b25-15+. The zero-order chi connectivity index (χ0) is 33.8. The van der Waals surface area contributed by atoms with Gasteiger partial charge in [-0.1, -0.05) is 18.2 Å². The summed E-state index contributed by atoms with van der Waals surface area (Å²) in [5.41, 5.74) is 4.50. The van der Waals surface area contributed by atoms with Crippen LogP contribution in [0.4, 0.5) is 8.78 Å². The predicted octanol–water partition coefficient (Wildman–Crippen LogP) is 7.00. The molecule has 0 aliphatic carbocycles. The van der Waals surface area contributed by atoms with E-state index >= 15 is 4.39 Å². The molecule has 9 nitrogen and oxygen atoms in total. The highest BCUT2D eigenvalue weighted by molar-refractivity contribution is 5.91. The molecule has 5 aromatic rings. The highest BCUT2D eigenvalue weighted by atomic mass is 19.1. The van der Waals surface area contributed by atoms with Crippen molar-refractivity contribution in [2.45, 2.75) is 66.0 Å². The van der Waals surface area contributed by atoms with Crippen molar-refractivity contribution in [3.8, 4) is 11.5 Å². The van der Waals surface area contributed by atoms with Crippen LogP contribution in [0.5, 0.6) is 11.5 Å². The molecule has 2 aromatic heterocycles. The molecule has 1 fully saturated rings. The number of carbonyl (C=O) groups is 1. The molecule has 0 saturated carbocycles. The number of rotatable bonds is 12. The Kier molecular flexibility index (Phi) is 9.86. The number of carboxylic acid groups (broad SMARTS) is 1. The molecule has 0 bridgehead atoms. The molecule has 3 heterocycles. The fraction of sp³-hybridized carbons (Fsp3) is 0.324. The van der Waals surface area contributed by atoms with Crippen molar-refractivity contribution in [2.75, 3.05) is 13.1 Å². The number of aromatic nitrogens is 4. The lowest BCUT2D eigenvalue weighted by Gasteiger charge is -2.32. The van der Waals surface area contributed by atoms with Crippen LogP contribution in [-0.4, -0.2) is 54.3 Å². The van der Waals surface area contributed by atoms with Gasteiger partial charge in [-0.3, -0.25) is 4.90 Å². The predicted molar refractivity (Wildman–Crippen MR) is 179 cm³/mol. The number of aryl methyl sites for hydroxylation is 2. The maximum absolute atomic E-state index is 15.5. The van der Waals surface area contributed by atoms with Crippen LogP contribution in [0, 0.1) is 18.6 Å². The first kappa shape index (κ1) is 32.9. The number of allylic oxidation sites excluding steroid dienone is 1. The molecule has 48 heavy (non-hydrogen) atoms. The Morgan fingerprint density at radius 3 is 2.62 bits per heavy atom. The molecule has 0 atom stereocenters. The Hall–Kier alpha value is -5.03. The average Bonchev–Trinajstić information content (AvgIpc) is 3.66. The number of imidazole rings is 2. The van der Waals surface area contributed by atoms with Gasteiger partial charge in [0.25, 0.3) is 0 Å². The Bertz CT molecular complexity index is 1960. The number of benzene rings is 3. The van der Waals surface area contributed by atoms with Crippen molar-refractivity contribution in [3.05, 3.63) is 113 Å². The van der Waals surface area contributed by atoms with Crippen molar-refractivity contribution < 1.29 is 28.2 Å². The second-order valence-corrected chi connectivity index (χ2v) is 12.2. The highest BCUT2D eigenvalue weighted by Crippen LogP contribution is 2.28. The average molecular weight is 656 g/mol. The lowest BCUT2D eigenvalue weighted by molar-refractivity contribution is -0.131. The van der Waals surface area contributed by atoms with E-state index in [2.05, 4.69) is 9.88 Å². The van der Waals surface area contributed by atoms with E-state index in [1.54, 1.807) is 25.5 Å². The van der Waals surface area contributed by atoms with Gasteiger partial charge in [-0.25, -0.2) is 23.5 Å². The first-order chi connectivity index (χ1) is 23.2. The SMILES string of the molecule is CCn1cncc1Cn1c(CN2CCC(Oc3cccc(COc4ccc(C)cc4F)c3)CC2)nc2c(F)cc(/C(C)=C/C(=O)O)cc21. The van der Waals surface area contributed by atoms with E-state index in [-0.39, 0.29) is 29.8 Å². The van der Waals surface area contributed by atoms with Gasteiger partial charge in [0.1, 0.15) is 29.8 Å². The molecule has 0 radical (unpaired) electrons. The maximum atomic E-state index is 15.5. The van der Waals surface area contributed by atoms with E-state index in [0.717, 1.165) is 66.9 Å². The Labute approximate surface area is 278 Å². The number of aliphatic carboxylic acids is 1. The number of likely N-dealkylation sites (tertiary alicyclic amines) is 1. The second-order valence-electron chi connectivity index (χ2n) is 12.2. The maximum Gasteiger partial charge on any atom is 0.328 e. The molecule has 1 aliphatic heterocycles. The lowest BCUT2D eigenvalue weighted by atomic mass is 10.1. The third kappa shape index (κ3) is 7.57. The molecule has 250 valence electrons. The molecular formula is C37H39F2N5O4. The Morgan fingerprint density at radius 1 is 1.06 bits per heavy atom. The van der Waals surface area contributed by atoms with Crippen molar-refractivity contribution in [1.29, 1.82) is 0 Å². The van der Waals surface area contributed by atoms with Crippen LogP contribution in [0.3, 0.4) is 0 Å². The minimum atomic E-state index is -1.09. The first-order valence-corrected chi connectivity index (χ1v) is 16.1. The van der Waals surface area contributed by atoms with E-state index < -0.39 is 11.8 Å². The van der Waals surface area contributed by atoms with Gasteiger partial charge in [-0.15, -0.1) is 0 Å². The van der Waals surface area contributed by atoms with E-state index in [1.165, 1.54) is 12.1 Å². The van der Waals surface area contributed by atoms with Gasteiger partial charge in [-0.05, 0) is 92.3 Å². The number of nitrogens with zero attached hydrogens (tertiary/aromatic N) is 5. The van der Waals surface area contributed by atoms with Gasteiger partial charge < -0.3 is 23.7 Å². The van der Waals surface area contributed by atoms with Gasteiger partial charge in [0.15, 0.2) is 17.4 Å². The number of hydrogen-bond acceptors (Lipinski definition) is 6. The van der Waals surface area contributed by atoms with Crippen LogP contribution in [0.15, 0.2) is 73.2 Å². The number of halogens is 2. The van der Waals surface area contributed by atoms with Crippen LogP contribution in [0.25, 0.3) is 16.6 Å². The number of ether oxygens (including phenoxy) is 2. The topological polar surface area (TPSA) is 94.6 Å². The Morgan fingerprint density at radius 2 is 1.88 bits per heavy atom. The highest BCUT2D eigenvalue weighted by Gasteiger charge is 2.24. The molecule has 0 amide bonds. The number of piperidine rings is 1. The summed E-state index contributed by atoms with van der Waals surface area (Å²) in [6.45, 7) is 9.00. The van der Waals surface area contributed by atoms with Gasteiger partial charge in [-0.2, -0.15) is 0 Å². The smallest absolute Gasteiger partial charge is 0.328 e. The zero-order valence-electron chi connectivity index (χ0n) is 27.3. The number of fused-ring (bicyclic) bond motifs is 1. The van der Waals surface area contributed by atoms with Crippen molar-refractivity contribution in [2.24, 2.45) is 0 Å². The minimum Gasteiger partial charge on any atom is -0.490 e. The van der Waals surface area contributed by atoms with Gasteiger partial charge >= 0.3 is 5.97 Å². The normalized spacial score (nSPS) is 14.5. The summed E-state index contributed by atoms with van der Waals surface area (Å²) in [4.78, 5) is 22.7. The van der Waals surface area contributed by atoms with Crippen LogP contribution in [0.2, 0.25) is 0 Å². The van der Waals surface area contributed by atoms with Crippen molar-refractivity contribution >= 4 is 22.6 Å². The number of hydrogen-bond donors (Lipinski definition) is 1. The monoisotopic (exact) mass is 655 g/mol. The summed E-state index contributed by atoms with van der Waals surface area (Å²) >= 11 is 0. The summed E-state index contributed by atoms with van der Waals surface area (Å²) in [5.74, 6) is -0.271. The summed E-state index contributed by atoms with van der Waals surface area (Å²) in [6, 6.07) is 15.8. The van der Waals surface area contributed by atoms with Gasteiger partial charge in [0.05, 0.1) is 30.6 Å². The van der Waals surface area contributed by atoms with Crippen LogP contribution in [-0.2, 0) is 31.0 Å². The van der Waals surface area contributed by atoms with E-state index in [9.17, 15) is 14.3 Å². The van der Waals surface area contributed by atoms with E-state index in [0.29, 0.717) is 29.7 Å². The molecule has 1 N–H and O–H groups in total. The van der Waals surface area contributed by atoms with Crippen LogP contribution >= 0.6 is 0 Å². The molecule has 3 aromatic carbocycles. The second kappa shape index (κ2) is 14.4. The largest absolute Gasteiger partial charge is 0.490 e. The zero-order valence-corrected chi connectivity index (χ0v) is 27.3. The van der Waals surface area contributed by atoms with E-state index in [4.69, 9.17) is 14.5 Å². The van der Waals surface area contributed by atoms with Crippen LogP contribution in [0.1, 0.15) is 54.9 Å². The lowest BCUT2D eigenvalue weighted by Crippen LogP contribution is -2.38. The fourth-order valence-electron chi connectivity index (χ4n) is 6.12. The third-order valence-corrected chi connectivity index (χ3v) is 8.72. The van der Waals surface area contributed by atoms with Crippen molar-refractivity contribution in [3.63, 3.8) is 0 Å². The quantitative estimate of drug-likeness (QED) is 0.145. The number of carboxylic acids is 1. The third-order valence-electron chi connectivity index (χ3n) is 8.72. The van der Waals surface area contributed by atoms with Gasteiger partial charge in [0.2, 0.25) is 0 Å². The van der Waals surface area contributed by atoms with Crippen LogP contribution < -0.4 is 9.47 Å². The summed E-state index contributed by atoms with van der Waals surface area (Å²) < 4.78 is 45.8. The molecule has 11 heteroatoms. The Balaban J connectivity index is 1.15. The summed E-state index contributed by atoms with van der Waals surface area (Å²) in [6.07, 6.45) is 6.29. The minimum absolute atomic E-state index is 0.0219. The molecule has 0 unspecified atom stereocenters. The molecule has 6 rings (SSSR count). The first-order valence-electron chi connectivity index (χ1n) is 16.1.